The number of sulfonamides is 1. The van der Waals surface area contributed by atoms with Gasteiger partial charge in [0.1, 0.15) is 0 Å². The minimum absolute atomic E-state index is 0.0359. The van der Waals surface area contributed by atoms with E-state index in [1.165, 1.54) is 25.0 Å². The van der Waals surface area contributed by atoms with Crippen LogP contribution in [0.25, 0.3) is 0 Å². The number of nitrogen functional groups attached to an aromatic ring is 1. The van der Waals surface area contributed by atoms with Gasteiger partial charge in [-0.25, -0.2) is 13.6 Å². The van der Waals surface area contributed by atoms with Crippen LogP contribution in [0.4, 0.5) is 11.4 Å². The number of anilines is 2. The van der Waals surface area contributed by atoms with Crippen LogP contribution >= 0.6 is 0 Å². The van der Waals surface area contributed by atoms with E-state index in [0.717, 1.165) is 25.1 Å². The zero-order valence-electron chi connectivity index (χ0n) is 12.6. The third kappa shape index (κ3) is 3.48. The molecule has 1 aliphatic carbocycles. The number of primary sulfonamides is 1. The second-order valence-corrected chi connectivity index (χ2v) is 7.53. The molecule has 2 rings (SSSR count). The molecule has 0 aromatic heterocycles. The number of likely N-dealkylation sites (N-methyl/N-ethyl adjacent to an activating group) is 1. The van der Waals surface area contributed by atoms with E-state index >= 15 is 0 Å². The summed E-state index contributed by atoms with van der Waals surface area (Å²) in [5.74, 6) is 0. The van der Waals surface area contributed by atoms with Crippen molar-refractivity contribution in [1.82, 2.24) is 4.90 Å². The zero-order chi connectivity index (χ0) is 15.7. The summed E-state index contributed by atoms with van der Waals surface area (Å²) in [5, 5.41) is 8.45. The summed E-state index contributed by atoms with van der Waals surface area (Å²) in [5.41, 5.74) is 7.21. The van der Waals surface area contributed by atoms with Gasteiger partial charge in [0.25, 0.3) is 0 Å². The second kappa shape index (κ2) is 5.82. The number of benzene rings is 1. The van der Waals surface area contributed by atoms with E-state index < -0.39 is 10.0 Å². The van der Waals surface area contributed by atoms with E-state index in [4.69, 9.17) is 10.9 Å². The number of nitrogens with zero attached hydrogens (tertiary/aromatic N) is 1. The van der Waals surface area contributed by atoms with Gasteiger partial charge in [-0.05, 0) is 45.1 Å². The van der Waals surface area contributed by atoms with Crippen molar-refractivity contribution in [2.45, 2.75) is 36.1 Å². The highest BCUT2D eigenvalue weighted by Gasteiger charge is 2.35. The average molecular weight is 312 g/mol. The third-order valence-electron chi connectivity index (χ3n) is 4.44. The minimum atomic E-state index is -3.71. The molecule has 0 aliphatic heterocycles. The molecule has 1 aliphatic rings. The van der Waals surface area contributed by atoms with Crippen molar-refractivity contribution in [2.24, 2.45) is 5.14 Å². The molecule has 0 unspecified atom stereocenters. The van der Waals surface area contributed by atoms with Crippen LogP contribution in [0.2, 0.25) is 0 Å². The lowest BCUT2D eigenvalue weighted by molar-refractivity contribution is 0.172. The van der Waals surface area contributed by atoms with Crippen molar-refractivity contribution < 1.29 is 8.42 Å². The molecule has 0 radical (unpaired) electrons. The Morgan fingerprint density at radius 1 is 1.29 bits per heavy atom. The molecule has 1 aromatic rings. The quantitative estimate of drug-likeness (QED) is 0.709. The zero-order valence-corrected chi connectivity index (χ0v) is 13.4. The van der Waals surface area contributed by atoms with Crippen molar-refractivity contribution in [2.75, 3.05) is 31.7 Å². The molecule has 0 bridgehead atoms. The summed E-state index contributed by atoms with van der Waals surface area (Å²) < 4.78 is 22.6. The van der Waals surface area contributed by atoms with E-state index in [1.807, 2.05) is 0 Å². The fourth-order valence-electron chi connectivity index (χ4n) is 2.95. The van der Waals surface area contributed by atoms with Gasteiger partial charge in [0, 0.05) is 12.1 Å². The van der Waals surface area contributed by atoms with Gasteiger partial charge >= 0.3 is 0 Å². The molecule has 0 saturated heterocycles. The highest BCUT2D eigenvalue weighted by atomic mass is 32.2. The molecule has 0 amide bonds. The Balaban J connectivity index is 2.13. The van der Waals surface area contributed by atoms with Crippen molar-refractivity contribution >= 4 is 21.4 Å². The maximum Gasteiger partial charge on any atom is 0.238 e. The van der Waals surface area contributed by atoms with Crippen molar-refractivity contribution in [1.29, 1.82) is 0 Å². The van der Waals surface area contributed by atoms with Gasteiger partial charge in [-0.2, -0.15) is 0 Å². The van der Waals surface area contributed by atoms with Crippen LogP contribution in [-0.4, -0.2) is 39.5 Å². The molecule has 1 aromatic carbocycles. The molecular weight excluding hydrogens is 288 g/mol. The lowest BCUT2D eigenvalue weighted by Gasteiger charge is -2.37. The molecule has 0 heterocycles. The summed E-state index contributed by atoms with van der Waals surface area (Å²) >= 11 is 0. The van der Waals surface area contributed by atoms with Crippen LogP contribution in [0.1, 0.15) is 25.7 Å². The highest BCUT2D eigenvalue weighted by Crippen LogP contribution is 2.34. The molecule has 5 N–H and O–H groups in total. The first-order valence-electron chi connectivity index (χ1n) is 7.08. The maximum absolute atomic E-state index is 11.3. The molecule has 7 heteroatoms. The number of nitrogens with one attached hydrogen (secondary N) is 1. The first kappa shape index (κ1) is 16.1. The van der Waals surface area contributed by atoms with E-state index in [0.29, 0.717) is 5.69 Å². The minimum Gasteiger partial charge on any atom is -0.397 e. The van der Waals surface area contributed by atoms with Crippen LogP contribution in [0.5, 0.6) is 0 Å². The van der Waals surface area contributed by atoms with E-state index in [9.17, 15) is 8.42 Å². The highest BCUT2D eigenvalue weighted by molar-refractivity contribution is 7.89. The summed E-state index contributed by atoms with van der Waals surface area (Å²) in [7, 11) is 0.481. The Kier molecular flexibility index (Phi) is 4.46. The van der Waals surface area contributed by atoms with Crippen molar-refractivity contribution in [3.8, 4) is 0 Å². The van der Waals surface area contributed by atoms with Gasteiger partial charge in [-0.15, -0.1) is 0 Å². The Labute approximate surface area is 126 Å². The molecule has 21 heavy (non-hydrogen) atoms. The summed E-state index contributed by atoms with van der Waals surface area (Å²) in [6.45, 7) is 0.791. The molecule has 0 spiro atoms. The van der Waals surface area contributed by atoms with Crippen LogP contribution in [0.3, 0.4) is 0 Å². The Hall–Kier alpha value is -1.31. The molecule has 0 atom stereocenters. The Bertz CT molecular complexity index is 607. The van der Waals surface area contributed by atoms with Crippen molar-refractivity contribution in [3.05, 3.63) is 18.2 Å². The summed E-state index contributed by atoms with van der Waals surface area (Å²) in [6, 6.07) is 4.55. The monoisotopic (exact) mass is 312 g/mol. The normalized spacial score (nSPS) is 18.1. The topological polar surface area (TPSA) is 101 Å². The average Bonchev–Trinajstić information content (AvgIpc) is 2.86. The fraction of sp³-hybridized carbons (Fsp3) is 0.571. The Morgan fingerprint density at radius 2 is 1.90 bits per heavy atom. The van der Waals surface area contributed by atoms with Crippen LogP contribution in [0, 0.1) is 0 Å². The van der Waals surface area contributed by atoms with Gasteiger partial charge in [-0.3, -0.25) is 0 Å². The molecule has 1 fully saturated rings. The van der Waals surface area contributed by atoms with Gasteiger partial charge in [0.05, 0.1) is 16.3 Å². The predicted octanol–water partition coefficient (Wildman–Crippen LogP) is 1.20. The van der Waals surface area contributed by atoms with Gasteiger partial charge in [-0.1, -0.05) is 12.8 Å². The van der Waals surface area contributed by atoms with Crippen LogP contribution < -0.4 is 16.2 Å². The predicted molar refractivity (Wildman–Crippen MR) is 85.6 cm³/mol. The molecule has 118 valence electrons. The maximum atomic E-state index is 11.3. The van der Waals surface area contributed by atoms with Crippen LogP contribution in [-0.2, 0) is 10.0 Å². The SMILES string of the molecule is CN(C)C1(CNc2ccc(S(N)(=O)=O)cc2N)CCCC1. The number of hydrogen-bond donors (Lipinski definition) is 3. The van der Waals surface area contributed by atoms with Gasteiger partial charge in [0.15, 0.2) is 0 Å². The standard InChI is InChI=1S/C14H24N4O2S/c1-18(2)14(7-3-4-8-14)10-17-13-6-5-11(9-12(13)15)21(16,19)20/h5-6,9,17H,3-4,7-8,10,15H2,1-2H3,(H2,16,19,20). The Morgan fingerprint density at radius 3 is 2.38 bits per heavy atom. The van der Waals surface area contributed by atoms with E-state index in [-0.39, 0.29) is 10.4 Å². The lowest BCUT2D eigenvalue weighted by atomic mass is 9.96. The van der Waals surface area contributed by atoms with Gasteiger partial charge < -0.3 is 16.0 Å². The second-order valence-electron chi connectivity index (χ2n) is 5.97. The van der Waals surface area contributed by atoms with Crippen LogP contribution in [0.15, 0.2) is 23.1 Å². The van der Waals surface area contributed by atoms with Crippen molar-refractivity contribution in [3.63, 3.8) is 0 Å². The fourth-order valence-corrected chi connectivity index (χ4v) is 3.50. The van der Waals surface area contributed by atoms with E-state index in [1.54, 1.807) is 6.07 Å². The number of rotatable bonds is 5. The first-order valence-corrected chi connectivity index (χ1v) is 8.63. The molecule has 6 nitrogen and oxygen atoms in total. The molecular formula is C14H24N4O2S. The van der Waals surface area contributed by atoms with E-state index in [2.05, 4.69) is 24.3 Å². The summed E-state index contributed by atoms with van der Waals surface area (Å²) in [4.78, 5) is 2.30. The number of hydrogen-bond acceptors (Lipinski definition) is 5. The third-order valence-corrected chi connectivity index (χ3v) is 5.35. The first-order chi connectivity index (χ1) is 9.74. The van der Waals surface area contributed by atoms with Gasteiger partial charge in [0.2, 0.25) is 10.0 Å². The lowest BCUT2D eigenvalue weighted by Crippen LogP contribution is -2.47. The smallest absolute Gasteiger partial charge is 0.238 e. The molecule has 1 saturated carbocycles. The largest absolute Gasteiger partial charge is 0.397 e. The number of nitrogens with two attached hydrogens (primary N) is 2. The summed E-state index contributed by atoms with van der Waals surface area (Å²) in [6.07, 6.45) is 4.78.